The molecule has 2 aliphatic rings. The summed E-state index contributed by atoms with van der Waals surface area (Å²) in [6, 6.07) is 12.6. The molecule has 34 heavy (non-hydrogen) atoms. The van der Waals surface area contributed by atoms with Gasteiger partial charge in [0.2, 0.25) is 17.8 Å². The van der Waals surface area contributed by atoms with Gasteiger partial charge in [-0.1, -0.05) is 23.7 Å². The van der Waals surface area contributed by atoms with Gasteiger partial charge in [-0.3, -0.25) is 19.7 Å². The number of benzene rings is 2. The normalized spacial score (nSPS) is 14.1. The maximum Gasteiger partial charge on any atom is 0.323 e. The van der Waals surface area contributed by atoms with Crippen molar-refractivity contribution in [3.63, 3.8) is 0 Å². The first-order chi connectivity index (χ1) is 16.4. The topological polar surface area (TPSA) is 112 Å². The van der Waals surface area contributed by atoms with Crippen molar-refractivity contribution in [1.29, 1.82) is 0 Å². The number of halogens is 1. The molecule has 2 heterocycles. The fraction of sp³-hybridized carbons (Fsp3) is 0.333. The maximum absolute atomic E-state index is 12.6. The molecule has 10 heteroatoms. The first-order valence-electron chi connectivity index (χ1n) is 11.0. The van der Waals surface area contributed by atoms with Crippen molar-refractivity contribution >= 4 is 41.0 Å². The summed E-state index contributed by atoms with van der Waals surface area (Å²) < 4.78 is 5.84. The van der Waals surface area contributed by atoms with E-state index in [2.05, 4.69) is 10.3 Å². The van der Waals surface area contributed by atoms with Crippen LogP contribution in [0.3, 0.4) is 0 Å². The second-order valence-electron chi connectivity index (χ2n) is 8.21. The second kappa shape index (κ2) is 10.6. The highest BCUT2D eigenvalue weighted by atomic mass is 35.5. The molecule has 1 saturated heterocycles. The lowest BCUT2D eigenvalue weighted by molar-refractivity contribution is -0.145. The Balaban J connectivity index is 1.23. The minimum absolute atomic E-state index is 0.0623. The number of nitrogens with one attached hydrogen (secondary N) is 1. The molecular weight excluding hydrogens is 460 g/mol. The minimum atomic E-state index is -1.05. The number of carboxylic acid groups (broad SMARTS) is 1. The molecule has 9 nitrogen and oxygen atoms in total. The third-order valence-corrected chi connectivity index (χ3v) is 5.79. The maximum atomic E-state index is 12.6. The molecule has 2 aliphatic heterocycles. The molecule has 0 aromatic heterocycles. The number of guanidine groups is 1. The zero-order valence-corrected chi connectivity index (χ0v) is 19.3. The molecule has 2 amide bonds. The lowest BCUT2D eigenvalue weighted by atomic mass is 10.1. The molecule has 178 valence electrons. The number of ether oxygens (including phenoxy) is 1. The lowest BCUT2D eigenvalue weighted by Crippen LogP contribution is -2.35. The van der Waals surface area contributed by atoms with Crippen molar-refractivity contribution in [2.24, 2.45) is 4.99 Å². The highest BCUT2D eigenvalue weighted by Crippen LogP contribution is 2.30. The molecule has 0 bridgehead atoms. The SMILES string of the molecule is O=C(O)CN(Cc1ccc(Cl)cc1)C(=O)CCCCOc1ccc2c(c1)CN1CC(=O)NC1=N2. The van der Waals surface area contributed by atoms with Crippen LogP contribution in [0.5, 0.6) is 5.75 Å². The summed E-state index contributed by atoms with van der Waals surface area (Å²) in [5.41, 5.74) is 2.62. The smallest absolute Gasteiger partial charge is 0.323 e. The molecule has 0 saturated carbocycles. The zero-order valence-electron chi connectivity index (χ0n) is 18.5. The monoisotopic (exact) mass is 484 g/mol. The summed E-state index contributed by atoms with van der Waals surface area (Å²) >= 11 is 5.89. The van der Waals surface area contributed by atoms with Crippen LogP contribution >= 0.6 is 11.6 Å². The van der Waals surface area contributed by atoms with Gasteiger partial charge in [0.05, 0.1) is 12.3 Å². The summed E-state index contributed by atoms with van der Waals surface area (Å²) in [6.45, 7) is 1.19. The zero-order chi connectivity index (χ0) is 24.1. The Labute approximate surface area is 202 Å². The Bertz CT molecular complexity index is 1120. The van der Waals surface area contributed by atoms with Crippen molar-refractivity contribution in [3.8, 4) is 5.75 Å². The molecule has 0 aliphatic carbocycles. The number of carbonyl (C=O) groups is 3. The van der Waals surface area contributed by atoms with Gasteiger partial charge in [0.25, 0.3) is 0 Å². The highest BCUT2D eigenvalue weighted by molar-refractivity contribution is 6.30. The molecule has 0 radical (unpaired) electrons. The first-order valence-corrected chi connectivity index (χ1v) is 11.4. The van der Waals surface area contributed by atoms with Crippen molar-refractivity contribution < 1.29 is 24.2 Å². The lowest BCUT2D eigenvalue weighted by Gasteiger charge is -2.23. The Morgan fingerprint density at radius 3 is 2.71 bits per heavy atom. The van der Waals surface area contributed by atoms with Crippen LogP contribution in [0.15, 0.2) is 47.5 Å². The number of hydrogen-bond donors (Lipinski definition) is 2. The molecule has 2 aromatic carbocycles. The van der Waals surface area contributed by atoms with E-state index in [1.54, 1.807) is 24.3 Å². The van der Waals surface area contributed by atoms with E-state index >= 15 is 0 Å². The number of fused-ring (bicyclic) bond motifs is 2. The molecule has 0 unspecified atom stereocenters. The van der Waals surface area contributed by atoms with Crippen LogP contribution < -0.4 is 10.1 Å². The minimum Gasteiger partial charge on any atom is -0.494 e. The predicted molar refractivity (Wildman–Crippen MR) is 126 cm³/mol. The van der Waals surface area contributed by atoms with Gasteiger partial charge >= 0.3 is 5.97 Å². The van der Waals surface area contributed by atoms with E-state index in [1.807, 2.05) is 23.1 Å². The third-order valence-electron chi connectivity index (χ3n) is 5.54. The predicted octanol–water partition coefficient (Wildman–Crippen LogP) is 2.94. The van der Waals surface area contributed by atoms with Gasteiger partial charge in [-0.2, -0.15) is 0 Å². The Morgan fingerprint density at radius 1 is 1.15 bits per heavy atom. The van der Waals surface area contributed by atoms with Crippen molar-refractivity contribution in [2.75, 3.05) is 19.7 Å². The van der Waals surface area contributed by atoms with Crippen molar-refractivity contribution in [3.05, 3.63) is 58.6 Å². The summed E-state index contributed by atoms with van der Waals surface area (Å²) in [5, 5.41) is 12.5. The summed E-state index contributed by atoms with van der Waals surface area (Å²) in [4.78, 5) is 43.1. The third kappa shape index (κ3) is 6.05. The second-order valence-corrected chi connectivity index (χ2v) is 8.64. The van der Waals surface area contributed by atoms with E-state index in [4.69, 9.17) is 16.3 Å². The average Bonchev–Trinajstić information content (AvgIpc) is 3.16. The fourth-order valence-electron chi connectivity index (χ4n) is 3.86. The van der Waals surface area contributed by atoms with Gasteiger partial charge in [0.1, 0.15) is 18.8 Å². The molecule has 2 N–H and O–H groups in total. The van der Waals surface area contributed by atoms with Crippen molar-refractivity contribution in [1.82, 2.24) is 15.1 Å². The Hall–Kier alpha value is -3.59. The van der Waals surface area contributed by atoms with E-state index in [9.17, 15) is 19.5 Å². The largest absolute Gasteiger partial charge is 0.494 e. The number of aliphatic carboxylic acids is 1. The van der Waals surface area contributed by atoms with Crippen LogP contribution in [0.25, 0.3) is 0 Å². The van der Waals surface area contributed by atoms with Crippen LogP contribution in [0.4, 0.5) is 5.69 Å². The highest BCUT2D eigenvalue weighted by Gasteiger charge is 2.29. The molecule has 1 fully saturated rings. The fourth-order valence-corrected chi connectivity index (χ4v) is 3.99. The number of carbonyl (C=O) groups excluding carboxylic acids is 2. The van der Waals surface area contributed by atoms with E-state index in [0.717, 1.165) is 16.8 Å². The van der Waals surface area contributed by atoms with Crippen molar-refractivity contribution in [2.45, 2.75) is 32.4 Å². The number of rotatable bonds is 10. The van der Waals surface area contributed by atoms with E-state index in [1.165, 1.54) is 4.90 Å². The van der Waals surface area contributed by atoms with Gasteiger partial charge < -0.3 is 19.6 Å². The van der Waals surface area contributed by atoms with Gasteiger partial charge in [0.15, 0.2) is 0 Å². The van der Waals surface area contributed by atoms with E-state index in [0.29, 0.717) is 49.3 Å². The average molecular weight is 485 g/mol. The van der Waals surface area contributed by atoms with Gasteiger partial charge in [0, 0.05) is 30.1 Å². The molecule has 0 atom stereocenters. The quantitative estimate of drug-likeness (QED) is 0.501. The van der Waals surface area contributed by atoms with Gasteiger partial charge in [-0.25, -0.2) is 4.99 Å². The number of hydrogen-bond acceptors (Lipinski definition) is 6. The number of amides is 2. The van der Waals surface area contributed by atoms with Crippen LogP contribution in [0.1, 0.15) is 30.4 Å². The molecule has 0 spiro atoms. The number of unbranched alkanes of at least 4 members (excludes halogenated alkanes) is 1. The number of carboxylic acids is 1. The van der Waals surface area contributed by atoms with Crippen LogP contribution in [-0.2, 0) is 27.5 Å². The van der Waals surface area contributed by atoms with Crippen LogP contribution in [0, 0.1) is 0 Å². The molecular formula is C24H25ClN4O5. The van der Waals surface area contributed by atoms with E-state index < -0.39 is 5.97 Å². The molecule has 4 rings (SSSR count). The van der Waals surface area contributed by atoms with E-state index in [-0.39, 0.29) is 31.3 Å². The number of nitrogens with zero attached hydrogens (tertiary/aromatic N) is 3. The Morgan fingerprint density at radius 2 is 1.94 bits per heavy atom. The standard InChI is InChI=1S/C24H25ClN4O5/c25-18-6-4-16(5-7-18)12-28(15-23(32)33)22(31)3-1-2-10-34-19-8-9-20-17(11-19)13-29-14-21(30)27-24(29)26-20/h4-9,11H,1-3,10,12-15H2,(H,32,33)(H,26,27,30). The first kappa shape index (κ1) is 23.6. The van der Waals surface area contributed by atoms with Gasteiger partial charge in [-0.15, -0.1) is 0 Å². The van der Waals surface area contributed by atoms with Crippen LogP contribution in [-0.4, -0.2) is 58.3 Å². The summed E-state index contributed by atoms with van der Waals surface area (Å²) in [5.74, 6) is -0.0360. The van der Waals surface area contributed by atoms with Crippen LogP contribution in [0.2, 0.25) is 5.02 Å². The number of aliphatic imine (C=N–C) groups is 1. The van der Waals surface area contributed by atoms with Gasteiger partial charge in [-0.05, 0) is 48.7 Å². The molecule has 2 aromatic rings. The Kier molecular flexibility index (Phi) is 7.32. The summed E-state index contributed by atoms with van der Waals surface area (Å²) in [6.07, 6.45) is 1.47. The summed E-state index contributed by atoms with van der Waals surface area (Å²) in [7, 11) is 0.